The molecular weight excluding hydrogens is 314 g/mol. The molecule has 2 heterocycles. The van der Waals surface area contributed by atoms with Crippen LogP contribution in [0.2, 0.25) is 0 Å². The van der Waals surface area contributed by atoms with Crippen LogP contribution in [0.25, 0.3) is 0 Å². The molecule has 25 heavy (non-hydrogen) atoms. The highest BCUT2D eigenvalue weighted by Gasteiger charge is 2.37. The first-order valence-electron chi connectivity index (χ1n) is 8.98. The smallest absolute Gasteiger partial charge is 0.255 e. The van der Waals surface area contributed by atoms with Crippen molar-refractivity contribution in [3.63, 3.8) is 0 Å². The van der Waals surface area contributed by atoms with Crippen LogP contribution in [-0.4, -0.2) is 52.4 Å². The van der Waals surface area contributed by atoms with Gasteiger partial charge in [-0.2, -0.15) is 0 Å². The van der Waals surface area contributed by atoms with E-state index in [4.69, 9.17) is 0 Å². The second-order valence-electron chi connectivity index (χ2n) is 7.01. The maximum atomic E-state index is 13.0. The number of aromatic amines is 1. The number of piperazine rings is 1. The van der Waals surface area contributed by atoms with Crippen LogP contribution in [0.5, 0.6) is 0 Å². The van der Waals surface area contributed by atoms with E-state index in [-0.39, 0.29) is 17.5 Å². The van der Waals surface area contributed by atoms with Gasteiger partial charge in [-0.3, -0.25) is 14.5 Å². The summed E-state index contributed by atoms with van der Waals surface area (Å²) < 4.78 is 0. The molecule has 1 aliphatic carbocycles. The summed E-state index contributed by atoms with van der Waals surface area (Å²) in [4.78, 5) is 31.4. The van der Waals surface area contributed by atoms with Gasteiger partial charge in [0.05, 0.1) is 5.56 Å². The van der Waals surface area contributed by atoms with Gasteiger partial charge in [-0.15, -0.1) is 0 Å². The number of pyridine rings is 1. The first kappa shape index (κ1) is 16.1. The number of amides is 1. The number of aromatic nitrogens is 1. The summed E-state index contributed by atoms with van der Waals surface area (Å²) in [6, 6.07) is 14.3. The molecule has 1 aromatic heterocycles. The molecule has 5 nitrogen and oxygen atoms in total. The first-order valence-corrected chi connectivity index (χ1v) is 8.98. The summed E-state index contributed by atoms with van der Waals surface area (Å²) in [5.74, 6) is 0.00706. The lowest BCUT2D eigenvalue weighted by molar-refractivity contribution is 0.0437. The van der Waals surface area contributed by atoms with Gasteiger partial charge in [0.25, 0.3) is 5.91 Å². The summed E-state index contributed by atoms with van der Waals surface area (Å²) >= 11 is 0. The number of hydrogen-bond donors (Lipinski definition) is 1. The van der Waals surface area contributed by atoms with Gasteiger partial charge in [0, 0.05) is 44.0 Å². The quantitative estimate of drug-likeness (QED) is 0.927. The Kier molecular flexibility index (Phi) is 4.40. The number of rotatable bonds is 4. The predicted molar refractivity (Wildman–Crippen MR) is 96.6 cm³/mol. The van der Waals surface area contributed by atoms with Gasteiger partial charge in [-0.05, 0) is 30.9 Å². The number of carbonyl (C=O) groups excluding carboxylic acids is 1. The summed E-state index contributed by atoms with van der Waals surface area (Å²) in [6.07, 6.45) is 4.95. The van der Waals surface area contributed by atoms with Crippen molar-refractivity contribution in [3.05, 3.63) is 70.1 Å². The van der Waals surface area contributed by atoms with Crippen molar-refractivity contribution in [1.29, 1.82) is 0 Å². The minimum Gasteiger partial charge on any atom is -0.333 e. The van der Waals surface area contributed by atoms with Crippen molar-refractivity contribution in [2.45, 2.75) is 31.3 Å². The normalized spacial score (nSPS) is 21.3. The molecule has 2 aliphatic rings. The molecule has 0 spiro atoms. The van der Waals surface area contributed by atoms with Crippen LogP contribution in [0.1, 0.15) is 28.8 Å². The van der Waals surface area contributed by atoms with Crippen LogP contribution in [0.3, 0.4) is 0 Å². The van der Waals surface area contributed by atoms with E-state index in [0.717, 1.165) is 26.1 Å². The minimum absolute atomic E-state index is 0.00706. The fraction of sp³-hybridized carbons (Fsp3) is 0.400. The van der Waals surface area contributed by atoms with Crippen molar-refractivity contribution in [2.24, 2.45) is 0 Å². The van der Waals surface area contributed by atoms with E-state index in [0.29, 0.717) is 11.6 Å². The Balaban J connectivity index is 1.55. The van der Waals surface area contributed by atoms with Gasteiger partial charge < -0.3 is 9.88 Å². The largest absolute Gasteiger partial charge is 0.333 e. The Bertz CT molecular complexity index is 778. The number of nitrogens with zero attached hydrogens (tertiary/aromatic N) is 2. The van der Waals surface area contributed by atoms with Crippen LogP contribution >= 0.6 is 0 Å². The Morgan fingerprint density at radius 2 is 1.88 bits per heavy atom. The predicted octanol–water partition coefficient (Wildman–Crippen LogP) is 1.91. The lowest BCUT2D eigenvalue weighted by Gasteiger charge is -2.42. The van der Waals surface area contributed by atoms with Crippen molar-refractivity contribution in [3.8, 4) is 0 Å². The second-order valence-corrected chi connectivity index (χ2v) is 7.01. The monoisotopic (exact) mass is 337 g/mol. The highest BCUT2D eigenvalue weighted by molar-refractivity contribution is 5.94. The average molecular weight is 337 g/mol. The van der Waals surface area contributed by atoms with E-state index in [9.17, 15) is 9.59 Å². The van der Waals surface area contributed by atoms with Gasteiger partial charge in [0.2, 0.25) is 5.56 Å². The van der Waals surface area contributed by atoms with E-state index < -0.39 is 0 Å². The Morgan fingerprint density at radius 3 is 2.56 bits per heavy atom. The highest BCUT2D eigenvalue weighted by Crippen LogP contribution is 2.30. The van der Waals surface area contributed by atoms with Gasteiger partial charge >= 0.3 is 0 Å². The number of H-pyrrole nitrogens is 1. The zero-order chi connectivity index (χ0) is 17.2. The van der Waals surface area contributed by atoms with Crippen molar-refractivity contribution < 1.29 is 4.79 Å². The van der Waals surface area contributed by atoms with Crippen LogP contribution in [-0.2, 0) is 6.42 Å². The third-order valence-corrected chi connectivity index (χ3v) is 5.18. The number of carbonyl (C=O) groups is 1. The minimum atomic E-state index is -0.184. The summed E-state index contributed by atoms with van der Waals surface area (Å²) in [7, 11) is 0. The number of benzene rings is 1. The molecule has 1 aliphatic heterocycles. The fourth-order valence-electron chi connectivity index (χ4n) is 3.69. The maximum absolute atomic E-state index is 13.0. The molecule has 5 heteroatoms. The van der Waals surface area contributed by atoms with Crippen LogP contribution in [0.4, 0.5) is 0 Å². The van der Waals surface area contributed by atoms with E-state index >= 15 is 0 Å². The van der Waals surface area contributed by atoms with Gasteiger partial charge in [0.1, 0.15) is 0 Å². The molecule has 1 unspecified atom stereocenters. The molecule has 1 atom stereocenters. The van der Waals surface area contributed by atoms with Crippen LogP contribution < -0.4 is 5.56 Å². The van der Waals surface area contributed by atoms with Crippen molar-refractivity contribution >= 4 is 5.91 Å². The van der Waals surface area contributed by atoms with E-state index in [1.165, 1.54) is 30.7 Å². The molecule has 1 N–H and O–H groups in total. The molecule has 130 valence electrons. The number of nitrogens with one attached hydrogen (secondary N) is 1. The Morgan fingerprint density at radius 1 is 1.08 bits per heavy atom. The standard InChI is InChI=1S/C20H23N3O2/c24-19-9-6-16(13-21-19)20(25)23-11-10-22(17-7-8-17)14-18(23)12-15-4-2-1-3-5-15/h1-6,9,13,17-18H,7-8,10-12,14H2,(H,21,24). The lowest BCUT2D eigenvalue weighted by atomic mass is 10.0. The molecule has 1 amide bonds. The Hall–Kier alpha value is -2.40. The first-order chi connectivity index (χ1) is 12.2. The molecule has 1 saturated carbocycles. The van der Waals surface area contributed by atoms with Gasteiger partial charge in [-0.1, -0.05) is 30.3 Å². The molecule has 2 aromatic rings. The summed E-state index contributed by atoms with van der Waals surface area (Å²) in [5.41, 5.74) is 1.62. The number of hydrogen-bond acceptors (Lipinski definition) is 3. The van der Waals surface area contributed by atoms with E-state index in [1.807, 2.05) is 23.1 Å². The average Bonchev–Trinajstić information content (AvgIpc) is 3.48. The fourth-order valence-corrected chi connectivity index (χ4v) is 3.69. The lowest BCUT2D eigenvalue weighted by Crippen LogP contribution is -2.56. The topological polar surface area (TPSA) is 56.4 Å². The second kappa shape index (κ2) is 6.84. The summed E-state index contributed by atoms with van der Waals surface area (Å²) in [5, 5.41) is 0. The molecule has 2 fully saturated rings. The van der Waals surface area contributed by atoms with Crippen molar-refractivity contribution in [1.82, 2.24) is 14.8 Å². The SMILES string of the molecule is O=C(c1ccc(=O)[nH]c1)N1CCN(C2CC2)CC1Cc1ccccc1. The highest BCUT2D eigenvalue weighted by atomic mass is 16.2. The molecule has 0 radical (unpaired) electrons. The van der Waals surface area contributed by atoms with Crippen LogP contribution in [0.15, 0.2) is 53.5 Å². The third-order valence-electron chi connectivity index (χ3n) is 5.18. The van der Waals surface area contributed by atoms with Crippen LogP contribution in [0, 0.1) is 0 Å². The zero-order valence-electron chi connectivity index (χ0n) is 14.2. The molecule has 4 rings (SSSR count). The summed E-state index contributed by atoms with van der Waals surface area (Å²) in [6.45, 7) is 2.60. The zero-order valence-corrected chi connectivity index (χ0v) is 14.2. The van der Waals surface area contributed by atoms with Gasteiger partial charge in [0.15, 0.2) is 0 Å². The molecular formula is C20H23N3O2. The molecule has 1 saturated heterocycles. The Labute approximate surface area is 147 Å². The molecule has 1 aromatic carbocycles. The molecule has 0 bridgehead atoms. The van der Waals surface area contributed by atoms with Gasteiger partial charge in [-0.25, -0.2) is 0 Å². The van der Waals surface area contributed by atoms with E-state index in [2.05, 4.69) is 22.0 Å². The van der Waals surface area contributed by atoms with Crippen molar-refractivity contribution in [2.75, 3.05) is 19.6 Å². The maximum Gasteiger partial charge on any atom is 0.255 e. The van der Waals surface area contributed by atoms with E-state index in [1.54, 1.807) is 6.07 Å². The third kappa shape index (κ3) is 3.66.